The van der Waals surface area contributed by atoms with Crippen molar-refractivity contribution < 1.29 is 44.3 Å². The number of ether oxygens (including phenoxy) is 2. The van der Waals surface area contributed by atoms with Crippen molar-refractivity contribution in [3.8, 4) is 23.3 Å². The molecule has 5 N–H and O–H groups in total. The van der Waals surface area contributed by atoms with E-state index in [-0.39, 0.29) is 66.9 Å². The molecule has 1 spiro atoms. The average molecular weight is 830 g/mol. The molecule has 0 amide bonds. The summed E-state index contributed by atoms with van der Waals surface area (Å²) in [6.45, 7) is 3.70. The molecule has 2 saturated carbocycles. The molecular weight excluding hydrogens is 771 g/mol. The van der Waals surface area contributed by atoms with E-state index in [9.17, 15) is 30.0 Å². The lowest BCUT2D eigenvalue weighted by Gasteiger charge is -2.45. The topological polar surface area (TPSA) is 163 Å². The molecule has 3 aromatic rings. The lowest BCUT2D eigenvalue weighted by atomic mass is 9.66. The van der Waals surface area contributed by atoms with Crippen LogP contribution in [-0.2, 0) is 44.0 Å². The second-order valence-corrected chi connectivity index (χ2v) is 18.4. The van der Waals surface area contributed by atoms with Gasteiger partial charge in [0, 0.05) is 54.1 Å². The van der Waals surface area contributed by atoms with Gasteiger partial charge >= 0.3 is 11.9 Å². The van der Waals surface area contributed by atoms with Crippen molar-refractivity contribution in [1.29, 1.82) is 0 Å². The number of Topliss-reactive ketones (excluding diaryl/α,β-unsaturated/α-hetero) is 1. The van der Waals surface area contributed by atoms with E-state index in [2.05, 4.69) is 41.4 Å². The van der Waals surface area contributed by atoms with Crippen LogP contribution in [0.4, 0.5) is 5.69 Å². The molecular formula is C51H59NO9. The minimum absolute atomic E-state index is 0.0111. The zero-order valence-electron chi connectivity index (χ0n) is 35.4. The van der Waals surface area contributed by atoms with Crippen molar-refractivity contribution in [3.63, 3.8) is 0 Å². The maximum atomic E-state index is 15.2. The number of anilines is 1. The fourth-order valence-corrected chi connectivity index (χ4v) is 10.8. The Morgan fingerprint density at radius 2 is 1.77 bits per heavy atom. The number of aliphatic hydroxyl groups excluding tert-OH is 2. The highest BCUT2D eigenvalue weighted by Crippen LogP contribution is 2.48. The highest BCUT2D eigenvalue weighted by atomic mass is 16.6. The SMILES string of the molecule is CCC[C@]1(O)[C@@H]2CCC(=O)[C@H](Cc3cccc(c3)C3(C/C=C4/C[C@@H](c5cc(CO)cc(NC[C@H](C)O)c5)C#C[C@H]5CC(=O)Oc6cc(O)c(cc65)C[C@H]1OC4=O)CCCC3)C2. The smallest absolute Gasteiger partial charge is 0.334 e. The van der Waals surface area contributed by atoms with Gasteiger partial charge in [-0.25, -0.2) is 4.79 Å². The standard InChI is InChI=1S/C51H59NO9/c1-3-14-51(59)41-11-12-44(55)38(23-41)18-32-7-6-8-40(20-32)50(15-4-5-16-50)17-13-36-22-34(37-19-33(30-53)21-42(24-37)52-29-31(2)54)9-10-35-27-48(57)60-46-28-45(56)39(25-43(35)46)26-47(51)61-49(36)58/h6-8,13,19-21,24-25,28,31,34-35,38,41,47,52-54,56,59H,3-5,11-12,14-18,22-23,26-27,29-30H2,1-2H3/b36-13-/t31-,34-,35-,38+,41+,47+,51-/m0/s1. The molecule has 61 heavy (non-hydrogen) atoms. The van der Waals surface area contributed by atoms with Crippen LogP contribution < -0.4 is 10.1 Å². The molecule has 7 atom stereocenters. The first-order valence-electron chi connectivity index (χ1n) is 22.3. The van der Waals surface area contributed by atoms with E-state index in [1.807, 2.05) is 31.2 Å². The number of carbonyl (C=O) groups excluding carboxylic acids is 3. The van der Waals surface area contributed by atoms with Gasteiger partial charge in [0.15, 0.2) is 0 Å². The van der Waals surface area contributed by atoms with E-state index in [0.717, 1.165) is 36.8 Å². The molecule has 3 aromatic carbocycles. The van der Waals surface area contributed by atoms with E-state index in [0.29, 0.717) is 72.9 Å². The number of nitrogens with one attached hydrogen (secondary N) is 1. The number of aromatic hydroxyl groups is 1. The molecule has 3 aliphatic heterocycles. The minimum Gasteiger partial charge on any atom is -0.508 e. The number of carbonyl (C=O) groups is 3. The lowest BCUT2D eigenvalue weighted by Crippen LogP contribution is -2.54. The summed E-state index contributed by atoms with van der Waals surface area (Å²) in [5, 5.41) is 48.5. The molecule has 5 aliphatic rings. The van der Waals surface area contributed by atoms with E-state index < -0.39 is 41.6 Å². The van der Waals surface area contributed by atoms with Crippen LogP contribution in [0.1, 0.15) is 136 Å². The number of hydrogen-bond donors (Lipinski definition) is 5. The maximum absolute atomic E-state index is 15.2. The first-order chi connectivity index (χ1) is 29.4. The van der Waals surface area contributed by atoms with Crippen molar-refractivity contribution in [1.82, 2.24) is 0 Å². The number of ketones is 1. The molecule has 3 heterocycles. The van der Waals surface area contributed by atoms with Gasteiger partial charge in [-0.05, 0) is 116 Å². The van der Waals surface area contributed by atoms with Gasteiger partial charge in [-0.1, -0.05) is 74.4 Å². The molecule has 0 saturated heterocycles. The van der Waals surface area contributed by atoms with E-state index >= 15 is 4.79 Å². The Kier molecular flexibility index (Phi) is 12.5. The molecule has 0 radical (unpaired) electrons. The van der Waals surface area contributed by atoms with Crippen molar-refractivity contribution in [2.24, 2.45) is 11.8 Å². The number of esters is 2. The summed E-state index contributed by atoms with van der Waals surface area (Å²) in [6, 6.07) is 17.4. The molecule has 0 aromatic heterocycles. The molecule has 8 rings (SSSR count). The Labute approximate surface area is 358 Å². The second kappa shape index (κ2) is 17.8. The summed E-state index contributed by atoms with van der Waals surface area (Å²) in [6.07, 6.45) is 7.60. The summed E-state index contributed by atoms with van der Waals surface area (Å²) >= 11 is 0. The van der Waals surface area contributed by atoms with Gasteiger partial charge in [0.05, 0.1) is 25.0 Å². The van der Waals surface area contributed by atoms with E-state index in [4.69, 9.17) is 9.47 Å². The number of aliphatic hydroxyl groups is 3. The van der Waals surface area contributed by atoms with Gasteiger partial charge < -0.3 is 35.2 Å². The first-order valence-corrected chi connectivity index (χ1v) is 22.3. The summed E-state index contributed by atoms with van der Waals surface area (Å²) in [4.78, 5) is 41.9. The van der Waals surface area contributed by atoms with Crippen molar-refractivity contribution in [3.05, 3.63) is 99.6 Å². The number of rotatable bonds is 7. The summed E-state index contributed by atoms with van der Waals surface area (Å²) in [5.41, 5.74) is 4.00. The third kappa shape index (κ3) is 9.02. The maximum Gasteiger partial charge on any atom is 0.334 e. The van der Waals surface area contributed by atoms with Gasteiger partial charge in [-0.2, -0.15) is 0 Å². The van der Waals surface area contributed by atoms with E-state index in [1.54, 1.807) is 13.0 Å². The Morgan fingerprint density at radius 3 is 2.54 bits per heavy atom. The summed E-state index contributed by atoms with van der Waals surface area (Å²) in [7, 11) is 0. The van der Waals surface area contributed by atoms with Gasteiger partial charge in [0.1, 0.15) is 29.0 Å². The Bertz CT molecular complexity index is 2260. The number of phenols is 1. The number of benzene rings is 3. The highest BCUT2D eigenvalue weighted by molar-refractivity contribution is 5.89. The van der Waals surface area contributed by atoms with Crippen LogP contribution in [0.3, 0.4) is 0 Å². The normalized spacial score (nSPS) is 28.6. The Balaban J connectivity index is 1.34. The van der Waals surface area contributed by atoms with Gasteiger partial charge in [-0.15, -0.1) is 0 Å². The largest absolute Gasteiger partial charge is 0.508 e. The fourth-order valence-electron chi connectivity index (χ4n) is 10.8. The summed E-state index contributed by atoms with van der Waals surface area (Å²) in [5.74, 6) is 4.17. The van der Waals surface area contributed by atoms with Crippen LogP contribution in [0.15, 0.2) is 66.2 Å². The molecule has 8 bridgehead atoms. The molecule has 322 valence electrons. The van der Waals surface area contributed by atoms with Gasteiger partial charge in [0.2, 0.25) is 0 Å². The van der Waals surface area contributed by atoms with Crippen LogP contribution in [0.2, 0.25) is 0 Å². The van der Waals surface area contributed by atoms with Crippen molar-refractivity contribution in [2.45, 2.75) is 145 Å². The number of allylic oxidation sites excluding steroid dienone is 1. The predicted molar refractivity (Wildman–Crippen MR) is 231 cm³/mol. The van der Waals surface area contributed by atoms with Crippen LogP contribution in [0.5, 0.6) is 11.5 Å². The second-order valence-electron chi connectivity index (χ2n) is 18.4. The third-order valence-corrected chi connectivity index (χ3v) is 14.2. The molecule has 10 nitrogen and oxygen atoms in total. The third-order valence-electron chi connectivity index (χ3n) is 14.2. The molecule has 2 fully saturated rings. The van der Waals surface area contributed by atoms with Crippen LogP contribution in [-0.4, -0.2) is 62.5 Å². The lowest BCUT2D eigenvalue weighted by molar-refractivity contribution is -0.176. The quantitative estimate of drug-likeness (QED) is 0.0911. The minimum atomic E-state index is -1.55. The van der Waals surface area contributed by atoms with Gasteiger partial charge in [0.25, 0.3) is 0 Å². The molecule has 2 aliphatic carbocycles. The van der Waals surface area contributed by atoms with Crippen LogP contribution in [0.25, 0.3) is 0 Å². The molecule has 10 heteroatoms. The van der Waals surface area contributed by atoms with E-state index in [1.165, 1.54) is 11.6 Å². The van der Waals surface area contributed by atoms with Gasteiger partial charge in [-0.3, -0.25) is 9.59 Å². The number of phenolic OH excluding ortho intramolecular Hbond substituents is 1. The average Bonchev–Trinajstić information content (AvgIpc) is 3.73. The predicted octanol–water partition coefficient (Wildman–Crippen LogP) is 7.62. The highest BCUT2D eigenvalue weighted by Gasteiger charge is 2.49. The van der Waals surface area contributed by atoms with Crippen molar-refractivity contribution >= 4 is 23.4 Å². The zero-order chi connectivity index (χ0) is 42.9. The number of hydrogen-bond acceptors (Lipinski definition) is 10. The monoisotopic (exact) mass is 829 g/mol. The zero-order valence-corrected chi connectivity index (χ0v) is 35.4. The fraction of sp³-hybridized carbons (Fsp3) is 0.510. The number of fused-ring (bicyclic) bond motifs is 9. The Morgan fingerprint density at radius 1 is 0.967 bits per heavy atom. The van der Waals surface area contributed by atoms with Crippen molar-refractivity contribution in [2.75, 3.05) is 11.9 Å². The Hall–Kier alpha value is -4.95. The van der Waals surface area contributed by atoms with Crippen LogP contribution in [0, 0.1) is 23.7 Å². The summed E-state index contributed by atoms with van der Waals surface area (Å²) < 4.78 is 12.4. The van der Waals surface area contributed by atoms with Crippen LogP contribution >= 0.6 is 0 Å². The molecule has 0 unspecified atom stereocenters. The first kappa shape index (κ1) is 42.7.